The number of nitrogens with one attached hydrogen (secondary N) is 2. The lowest BCUT2D eigenvalue weighted by atomic mass is 10.1. The molecule has 9 nitrogen and oxygen atoms in total. The molecule has 0 spiro atoms. The van der Waals surface area contributed by atoms with Crippen LogP contribution in [0.3, 0.4) is 0 Å². The average molecular weight is 485 g/mol. The Balaban J connectivity index is 1.47. The van der Waals surface area contributed by atoms with Crippen molar-refractivity contribution >= 4 is 39.9 Å². The van der Waals surface area contributed by atoms with Crippen LogP contribution < -0.4 is 5.32 Å². The summed E-state index contributed by atoms with van der Waals surface area (Å²) in [4.78, 5) is 26.6. The minimum Gasteiger partial charge on any atom is -0.360 e. The molecule has 35 heavy (non-hydrogen) atoms. The third-order valence-electron chi connectivity index (χ3n) is 5.43. The first kappa shape index (κ1) is 22.4. The Hall–Kier alpha value is -4.44. The molecule has 0 unspecified atom stereocenters. The molecule has 174 valence electrons. The number of anilines is 1. The summed E-state index contributed by atoms with van der Waals surface area (Å²) < 4.78 is 1.92. The van der Waals surface area contributed by atoms with Crippen molar-refractivity contribution in [1.82, 2.24) is 19.7 Å². The Morgan fingerprint density at radius 1 is 1.09 bits per heavy atom. The molecule has 0 saturated heterocycles. The van der Waals surface area contributed by atoms with Crippen LogP contribution in [0.4, 0.5) is 11.4 Å². The van der Waals surface area contributed by atoms with Crippen molar-refractivity contribution in [2.24, 2.45) is 0 Å². The lowest BCUT2D eigenvalue weighted by molar-refractivity contribution is -0.383. The van der Waals surface area contributed by atoms with Gasteiger partial charge in [-0.25, -0.2) is 0 Å². The first-order chi connectivity index (χ1) is 17.0. The van der Waals surface area contributed by atoms with Gasteiger partial charge in [-0.2, -0.15) is 0 Å². The highest BCUT2D eigenvalue weighted by Gasteiger charge is 2.21. The van der Waals surface area contributed by atoms with Crippen LogP contribution in [-0.2, 0) is 4.79 Å². The quantitative estimate of drug-likeness (QED) is 0.182. The monoisotopic (exact) mass is 484 g/mol. The number of para-hydroxylation sites is 3. The van der Waals surface area contributed by atoms with Gasteiger partial charge >= 0.3 is 0 Å². The number of hydrogen-bond donors (Lipinski definition) is 2. The van der Waals surface area contributed by atoms with Crippen LogP contribution in [0.2, 0.25) is 0 Å². The van der Waals surface area contributed by atoms with E-state index in [2.05, 4.69) is 20.5 Å². The molecule has 2 N–H and O–H groups in total. The first-order valence-corrected chi connectivity index (χ1v) is 11.7. The van der Waals surface area contributed by atoms with E-state index in [1.54, 1.807) is 12.1 Å². The number of hydrogen-bond acceptors (Lipinski definition) is 6. The van der Waals surface area contributed by atoms with Crippen LogP contribution in [0.5, 0.6) is 0 Å². The third-order valence-corrected chi connectivity index (χ3v) is 6.36. The van der Waals surface area contributed by atoms with Gasteiger partial charge in [0.1, 0.15) is 5.69 Å². The van der Waals surface area contributed by atoms with E-state index in [4.69, 9.17) is 0 Å². The smallest absolute Gasteiger partial charge is 0.292 e. The minimum atomic E-state index is -0.523. The van der Waals surface area contributed by atoms with Gasteiger partial charge in [0.15, 0.2) is 11.0 Å². The number of thioether (sulfide) groups is 1. The number of rotatable bonds is 7. The second kappa shape index (κ2) is 9.43. The molecule has 3 aromatic carbocycles. The van der Waals surface area contributed by atoms with Gasteiger partial charge in [-0.1, -0.05) is 54.2 Å². The predicted molar refractivity (Wildman–Crippen MR) is 136 cm³/mol. The summed E-state index contributed by atoms with van der Waals surface area (Å²) in [6.07, 6.45) is 1.90. The van der Waals surface area contributed by atoms with E-state index in [1.165, 1.54) is 23.9 Å². The number of carbonyl (C=O) groups is 1. The first-order valence-electron chi connectivity index (χ1n) is 10.8. The van der Waals surface area contributed by atoms with Gasteiger partial charge in [0.25, 0.3) is 5.69 Å². The third kappa shape index (κ3) is 4.51. The van der Waals surface area contributed by atoms with Crippen LogP contribution in [0.15, 0.2) is 84.1 Å². The summed E-state index contributed by atoms with van der Waals surface area (Å²) >= 11 is 1.21. The number of aromatic amines is 1. The zero-order valence-electron chi connectivity index (χ0n) is 18.6. The standard InChI is InChI=1S/C25H20N6O3S/c1-16-7-6-8-17(13-16)30-24(19-14-26-20-10-3-2-9-18(19)20)28-29-25(30)35-15-23(32)27-21-11-4-5-12-22(21)31(33)34/h2-14,26H,15H2,1H3,(H,27,32). The number of carbonyl (C=O) groups excluding carboxylic acids is 1. The summed E-state index contributed by atoms with van der Waals surface area (Å²) in [5, 5.41) is 24.3. The van der Waals surface area contributed by atoms with Crippen molar-refractivity contribution in [3.8, 4) is 17.1 Å². The summed E-state index contributed by atoms with van der Waals surface area (Å²) in [5.41, 5.74) is 3.83. The maximum Gasteiger partial charge on any atom is 0.292 e. The molecule has 5 rings (SSSR count). The van der Waals surface area contributed by atoms with E-state index in [0.29, 0.717) is 11.0 Å². The number of fused-ring (bicyclic) bond motifs is 1. The van der Waals surface area contributed by atoms with E-state index in [9.17, 15) is 14.9 Å². The number of H-pyrrole nitrogens is 1. The molecule has 0 aliphatic heterocycles. The van der Waals surface area contributed by atoms with E-state index in [-0.39, 0.29) is 23.0 Å². The fraction of sp³-hybridized carbons (Fsp3) is 0.0800. The summed E-state index contributed by atoms with van der Waals surface area (Å²) in [5.74, 6) is 0.274. The van der Waals surface area contributed by atoms with Crippen molar-refractivity contribution in [3.05, 3.63) is 94.7 Å². The van der Waals surface area contributed by atoms with Crippen LogP contribution >= 0.6 is 11.8 Å². The second-order valence-electron chi connectivity index (χ2n) is 7.84. The van der Waals surface area contributed by atoms with E-state index < -0.39 is 4.92 Å². The van der Waals surface area contributed by atoms with Crippen molar-refractivity contribution in [1.29, 1.82) is 0 Å². The molecular formula is C25H20N6O3S. The van der Waals surface area contributed by atoms with E-state index >= 15 is 0 Å². The lowest BCUT2D eigenvalue weighted by Crippen LogP contribution is -2.15. The molecular weight excluding hydrogens is 464 g/mol. The molecule has 1 amide bonds. The number of amides is 1. The Morgan fingerprint density at radius 3 is 2.71 bits per heavy atom. The van der Waals surface area contributed by atoms with Gasteiger partial charge in [0.05, 0.1) is 10.7 Å². The Bertz CT molecular complexity index is 1560. The number of nitrogens with zero attached hydrogens (tertiary/aromatic N) is 4. The van der Waals surface area contributed by atoms with Crippen LogP contribution in [-0.4, -0.2) is 36.3 Å². The van der Waals surface area contributed by atoms with Crippen molar-refractivity contribution < 1.29 is 9.72 Å². The highest BCUT2D eigenvalue weighted by atomic mass is 32.2. The molecule has 0 aliphatic rings. The van der Waals surface area contributed by atoms with E-state index in [1.807, 2.05) is 66.2 Å². The Kier molecular flexibility index (Phi) is 6.02. The topological polar surface area (TPSA) is 119 Å². The summed E-state index contributed by atoms with van der Waals surface area (Å²) in [6, 6.07) is 21.9. The van der Waals surface area contributed by atoms with Crippen LogP contribution in [0.25, 0.3) is 28.0 Å². The Morgan fingerprint density at radius 2 is 1.89 bits per heavy atom. The van der Waals surface area contributed by atoms with Gasteiger partial charge in [-0.15, -0.1) is 10.2 Å². The van der Waals surface area contributed by atoms with Gasteiger partial charge < -0.3 is 10.3 Å². The molecule has 0 atom stereocenters. The number of aromatic nitrogens is 4. The van der Waals surface area contributed by atoms with Crippen molar-refractivity contribution in [2.75, 3.05) is 11.1 Å². The molecule has 0 radical (unpaired) electrons. The molecule has 2 aromatic heterocycles. The highest BCUT2D eigenvalue weighted by molar-refractivity contribution is 7.99. The summed E-state index contributed by atoms with van der Waals surface area (Å²) in [7, 11) is 0. The molecule has 0 saturated carbocycles. The van der Waals surface area contributed by atoms with Gasteiger partial charge in [0, 0.05) is 34.4 Å². The molecule has 2 heterocycles. The minimum absolute atomic E-state index is 0.00385. The maximum atomic E-state index is 12.7. The zero-order valence-corrected chi connectivity index (χ0v) is 19.5. The zero-order chi connectivity index (χ0) is 24.4. The molecule has 0 fully saturated rings. The summed E-state index contributed by atoms with van der Waals surface area (Å²) in [6.45, 7) is 2.01. The second-order valence-corrected chi connectivity index (χ2v) is 8.78. The maximum absolute atomic E-state index is 12.7. The molecule has 0 bridgehead atoms. The molecule has 5 aromatic rings. The van der Waals surface area contributed by atoms with Crippen LogP contribution in [0.1, 0.15) is 5.56 Å². The van der Waals surface area contributed by atoms with Crippen LogP contribution in [0, 0.1) is 17.0 Å². The van der Waals surface area contributed by atoms with Gasteiger partial charge in [0.2, 0.25) is 5.91 Å². The molecule has 10 heteroatoms. The fourth-order valence-corrected chi connectivity index (χ4v) is 4.60. The van der Waals surface area contributed by atoms with Crippen molar-refractivity contribution in [3.63, 3.8) is 0 Å². The normalized spacial score (nSPS) is 11.0. The predicted octanol–water partition coefficient (Wildman–Crippen LogP) is 5.36. The number of aryl methyl sites for hydroxylation is 1. The van der Waals surface area contributed by atoms with Gasteiger partial charge in [-0.3, -0.25) is 19.5 Å². The number of nitro benzene ring substituents is 1. The van der Waals surface area contributed by atoms with E-state index in [0.717, 1.165) is 27.7 Å². The van der Waals surface area contributed by atoms with Crippen molar-refractivity contribution in [2.45, 2.75) is 12.1 Å². The highest BCUT2D eigenvalue weighted by Crippen LogP contribution is 2.33. The number of benzene rings is 3. The molecule has 0 aliphatic carbocycles. The lowest BCUT2D eigenvalue weighted by Gasteiger charge is -2.11. The fourth-order valence-electron chi connectivity index (χ4n) is 3.85. The Labute approximate surface area is 204 Å². The largest absolute Gasteiger partial charge is 0.360 e. The SMILES string of the molecule is Cc1cccc(-n2c(SCC(=O)Nc3ccccc3[N+](=O)[O-])nnc2-c2c[nH]c3ccccc23)c1. The van der Waals surface area contributed by atoms with Gasteiger partial charge in [-0.05, 0) is 36.8 Å². The average Bonchev–Trinajstić information content (AvgIpc) is 3.47. The number of nitro groups is 1.